The molecule has 0 fully saturated rings. The number of ether oxygens (including phenoxy) is 2. The smallest absolute Gasteiger partial charge is 0.341 e. The second kappa shape index (κ2) is 8.78. The first kappa shape index (κ1) is 20.4. The summed E-state index contributed by atoms with van der Waals surface area (Å²) in [7, 11) is 0. The number of benzene rings is 1. The van der Waals surface area contributed by atoms with Gasteiger partial charge in [0.25, 0.3) is 5.91 Å². The molecule has 0 bridgehead atoms. The van der Waals surface area contributed by atoms with Crippen LogP contribution in [-0.2, 0) is 17.6 Å². The number of thiophene rings is 1. The molecule has 0 saturated heterocycles. The quantitative estimate of drug-likeness (QED) is 0.685. The van der Waals surface area contributed by atoms with Crippen molar-refractivity contribution in [1.82, 2.24) is 0 Å². The fourth-order valence-corrected chi connectivity index (χ4v) is 4.77. The van der Waals surface area contributed by atoms with Gasteiger partial charge in [0.2, 0.25) is 0 Å². The van der Waals surface area contributed by atoms with Crippen molar-refractivity contribution in [2.45, 2.75) is 53.1 Å². The summed E-state index contributed by atoms with van der Waals surface area (Å²) in [6.45, 7) is 8.37. The molecule has 0 saturated carbocycles. The average Bonchev–Trinajstić information content (AvgIpc) is 2.98. The maximum absolute atomic E-state index is 12.8. The molecule has 1 aliphatic rings. The molecule has 1 unspecified atom stereocenters. The molecule has 3 rings (SSSR count). The Morgan fingerprint density at radius 1 is 1.25 bits per heavy atom. The maximum atomic E-state index is 12.8. The van der Waals surface area contributed by atoms with Crippen LogP contribution in [0.2, 0.25) is 0 Å². The lowest BCUT2D eigenvalue weighted by Crippen LogP contribution is -2.18. The van der Waals surface area contributed by atoms with Crippen molar-refractivity contribution in [3.05, 3.63) is 45.8 Å². The van der Waals surface area contributed by atoms with Gasteiger partial charge in [-0.15, -0.1) is 11.3 Å². The van der Waals surface area contributed by atoms with E-state index >= 15 is 0 Å². The minimum atomic E-state index is -0.357. The molecule has 5 nitrogen and oxygen atoms in total. The van der Waals surface area contributed by atoms with Gasteiger partial charge in [-0.25, -0.2) is 4.79 Å². The predicted octanol–water partition coefficient (Wildman–Crippen LogP) is 5.09. The number of carbonyl (C=O) groups is 2. The van der Waals surface area contributed by atoms with Crippen molar-refractivity contribution >= 4 is 28.2 Å². The van der Waals surface area contributed by atoms with E-state index in [4.69, 9.17) is 9.47 Å². The molecule has 150 valence electrons. The number of rotatable bonds is 6. The third-order valence-corrected chi connectivity index (χ3v) is 5.88. The Morgan fingerprint density at radius 3 is 2.61 bits per heavy atom. The maximum Gasteiger partial charge on any atom is 0.341 e. The number of esters is 1. The van der Waals surface area contributed by atoms with Crippen molar-refractivity contribution in [3.8, 4) is 5.75 Å². The van der Waals surface area contributed by atoms with Crippen LogP contribution >= 0.6 is 11.3 Å². The van der Waals surface area contributed by atoms with E-state index in [0.717, 1.165) is 30.6 Å². The molecule has 1 heterocycles. The first-order chi connectivity index (χ1) is 13.4. The third-order valence-electron chi connectivity index (χ3n) is 4.71. The molecule has 1 aliphatic carbocycles. The van der Waals surface area contributed by atoms with Crippen LogP contribution in [-0.4, -0.2) is 24.6 Å². The second-order valence-electron chi connectivity index (χ2n) is 7.42. The van der Waals surface area contributed by atoms with E-state index in [1.54, 1.807) is 24.3 Å². The van der Waals surface area contributed by atoms with Gasteiger partial charge in [0, 0.05) is 10.4 Å². The topological polar surface area (TPSA) is 64.6 Å². The van der Waals surface area contributed by atoms with E-state index < -0.39 is 0 Å². The molecule has 0 spiro atoms. The van der Waals surface area contributed by atoms with Gasteiger partial charge in [-0.05, 0) is 75.8 Å². The number of hydrogen-bond acceptors (Lipinski definition) is 5. The van der Waals surface area contributed by atoms with Gasteiger partial charge in [0.1, 0.15) is 10.8 Å². The highest BCUT2D eigenvalue weighted by atomic mass is 32.1. The highest BCUT2D eigenvalue weighted by Gasteiger charge is 2.29. The zero-order valence-corrected chi connectivity index (χ0v) is 17.7. The summed E-state index contributed by atoms with van der Waals surface area (Å²) >= 11 is 1.50. The molecule has 0 radical (unpaired) electrons. The minimum absolute atomic E-state index is 0.208. The number of anilines is 1. The molecule has 0 aliphatic heterocycles. The summed E-state index contributed by atoms with van der Waals surface area (Å²) in [4.78, 5) is 26.7. The molecule has 1 atom stereocenters. The highest BCUT2D eigenvalue weighted by molar-refractivity contribution is 7.17. The number of nitrogens with one attached hydrogen (secondary N) is 1. The zero-order valence-electron chi connectivity index (χ0n) is 16.8. The van der Waals surface area contributed by atoms with E-state index in [9.17, 15) is 9.59 Å². The summed E-state index contributed by atoms with van der Waals surface area (Å²) in [5.74, 6) is 0.702. The number of hydrogen-bond donors (Lipinski definition) is 1. The Kier molecular flexibility index (Phi) is 6.39. The van der Waals surface area contributed by atoms with Crippen LogP contribution in [0.15, 0.2) is 24.3 Å². The van der Waals surface area contributed by atoms with Crippen LogP contribution in [0.4, 0.5) is 5.00 Å². The van der Waals surface area contributed by atoms with E-state index in [-0.39, 0.29) is 18.0 Å². The van der Waals surface area contributed by atoms with Gasteiger partial charge >= 0.3 is 5.97 Å². The zero-order chi connectivity index (χ0) is 20.3. The fraction of sp³-hybridized carbons (Fsp3) is 0.455. The molecule has 2 aromatic rings. The summed E-state index contributed by atoms with van der Waals surface area (Å²) in [5.41, 5.74) is 2.09. The van der Waals surface area contributed by atoms with Crippen LogP contribution in [0.25, 0.3) is 0 Å². The predicted molar refractivity (Wildman–Crippen MR) is 112 cm³/mol. The lowest BCUT2D eigenvalue weighted by Gasteiger charge is -2.18. The van der Waals surface area contributed by atoms with Crippen molar-refractivity contribution in [3.63, 3.8) is 0 Å². The number of carbonyl (C=O) groups excluding carboxylic acids is 2. The van der Waals surface area contributed by atoms with E-state index in [0.29, 0.717) is 28.7 Å². The summed E-state index contributed by atoms with van der Waals surface area (Å²) in [6, 6.07) is 6.99. The lowest BCUT2D eigenvalue weighted by molar-refractivity contribution is 0.0378. The lowest BCUT2D eigenvalue weighted by atomic mass is 9.88. The largest absolute Gasteiger partial charge is 0.494 e. The Balaban J connectivity index is 1.87. The molecular weight excluding hydrogens is 374 g/mol. The molecule has 6 heteroatoms. The molecule has 28 heavy (non-hydrogen) atoms. The van der Waals surface area contributed by atoms with Gasteiger partial charge in [-0.3, -0.25) is 4.79 Å². The molecule has 1 amide bonds. The Morgan fingerprint density at radius 2 is 1.96 bits per heavy atom. The van der Waals surface area contributed by atoms with Crippen LogP contribution in [0.1, 0.15) is 65.3 Å². The highest BCUT2D eigenvalue weighted by Crippen LogP contribution is 2.40. The van der Waals surface area contributed by atoms with Crippen molar-refractivity contribution < 1.29 is 19.1 Å². The van der Waals surface area contributed by atoms with Gasteiger partial charge in [0.15, 0.2) is 0 Å². The molecule has 1 aromatic heterocycles. The number of fused-ring (bicyclic) bond motifs is 1. The van der Waals surface area contributed by atoms with Crippen LogP contribution < -0.4 is 10.1 Å². The third kappa shape index (κ3) is 4.55. The van der Waals surface area contributed by atoms with Crippen molar-refractivity contribution in [2.24, 2.45) is 5.92 Å². The van der Waals surface area contributed by atoms with E-state index in [1.165, 1.54) is 16.2 Å². The number of amides is 1. The average molecular weight is 402 g/mol. The van der Waals surface area contributed by atoms with E-state index in [2.05, 4.69) is 12.2 Å². The van der Waals surface area contributed by atoms with Crippen LogP contribution in [0.5, 0.6) is 5.75 Å². The minimum Gasteiger partial charge on any atom is -0.494 e. The Labute approximate surface area is 170 Å². The monoisotopic (exact) mass is 401 g/mol. The van der Waals surface area contributed by atoms with Gasteiger partial charge in [-0.1, -0.05) is 6.92 Å². The summed E-state index contributed by atoms with van der Waals surface area (Å²) in [5, 5.41) is 3.53. The van der Waals surface area contributed by atoms with Crippen molar-refractivity contribution in [2.75, 3.05) is 11.9 Å². The fourth-order valence-electron chi connectivity index (χ4n) is 3.37. The first-order valence-electron chi connectivity index (χ1n) is 9.78. The summed E-state index contributed by atoms with van der Waals surface area (Å²) < 4.78 is 10.9. The van der Waals surface area contributed by atoms with Gasteiger partial charge < -0.3 is 14.8 Å². The standard InChI is InChI=1S/C22H27NO4S/c1-5-26-16-9-7-15(8-10-16)20(24)23-21-19(22(25)27-13(2)3)17-11-6-14(4)12-18(17)28-21/h7-10,13-14H,5-6,11-12H2,1-4H3,(H,23,24). The molecular formula is C22H27NO4S. The first-order valence-corrected chi connectivity index (χ1v) is 10.6. The van der Waals surface area contributed by atoms with Crippen molar-refractivity contribution in [1.29, 1.82) is 0 Å². The Hall–Kier alpha value is -2.34. The van der Waals surface area contributed by atoms with Crippen LogP contribution in [0.3, 0.4) is 0 Å². The second-order valence-corrected chi connectivity index (χ2v) is 8.53. The van der Waals surface area contributed by atoms with E-state index in [1.807, 2.05) is 20.8 Å². The SMILES string of the molecule is CCOc1ccc(C(=O)Nc2sc3c(c2C(=O)OC(C)C)CCC(C)C3)cc1. The Bertz CT molecular complexity index is 854. The van der Waals surface area contributed by atoms with Gasteiger partial charge in [-0.2, -0.15) is 0 Å². The van der Waals surface area contributed by atoms with Gasteiger partial charge in [0.05, 0.1) is 18.3 Å². The summed E-state index contributed by atoms with van der Waals surface area (Å²) in [6.07, 6.45) is 2.60. The molecule has 1 N–H and O–H groups in total. The molecule has 1 aromatic carbocycles. The normalized spacial score (nSPS) is 15.8. The van der Waals surface area contributed by atoms with Crippen LogP contribution in [0, 0.1) is 5.92 Å².